The third-order valence-corrected chi connectivity index (χ3v) is 8.20. The van der Waals surface area contributed by atoms with Gasteiger partial charge in [0.1, 0.15) is 5.75 Å². The van der Waals surface area contributed by atoms with Crippen molar-refractivity contribution in [1.29, 1.82) is 0 Å². The topological polar surface area (TPSA) is 74.1 Å². The number of alkyl halides is 3. The maximum absolute atomic E-state index is 13.6. The summed E-state index contributed by atoms with van der Waals surface area (Å²) >= 11 is 0. The highest BCUT2D eigenvalue weighted by atomic mass is 32.2. The molecule has 1 atom stereocenters. The molecule has 0 spiro atoms. The van der Waals surface area contributed by atoms with Crippen LogP contribution in [0.4, 0.5) is 13.2 Å². The van der Waals surface area contributed by atoms with Gasteiger partial charge in [0.05, 0.1) is 34.2 Å². The summed E-state index contributed by atoms with van der Waals surface area (Å²) in [6.07, 6.45) is -0.801. The van der Waals surface area contributed by atoms with E-state index in [0.717, 1.165) is 23.3 Å². The number of halogens is 3. The Morgan fingerprint density at radius 1 is 1.05 bits per heavy atom. The smallest absolute Gasteiger partial charge is 0.416 e. The van der Waals surface area contributed by atoms with E-state index in [1.807, 2.05) is 13.0 Å². The molecule has 0 bridgehead atoms. The molecule has 5 rings (SSSR count). The first-order chi connectivity index (χ1) is 17.5. The largest absolute Gasteiger partial charge is 0.493 e. The molecular weight excluding hydrogens is 503 g/mol. The predicted octanol–water partition coefficient (Wildman–Crippen LogP) is 5.70. The highest BCUT2D eigenvalue weighted by Gasteiger charge is 2.33. The standard InChI is InChI=1S/C27H24F3N3O3S/c1-17-3-5-19(31-15-17)16-37(34,35)20-6-8-23-22(10-12-36-26(23)14-20)21-7-4-18(27(28,29)30)13-24(21)25-9-11-32-33(25)2/h3-9,11,13-15,22H,10,12,16H2,1-2H3/t22-/m1/s1. The molecule has 0 saturated heterocycles. The molecule has 37 heavy (non-hydrogen) atoms. The molecule has 0 aliphatic carbocycles. The van der Waals surface area contributed by atoms with Gasteiger partial charge in [-0.3, -0.25) is 9.67 Å². The fourth-order valence-corrected chi connectivity index (χ4v) is 5.93. The van der Waals surface area contributed by atoms with E-state index in [0.29, 0.717) is 41.3 Å². The van der Waals surface area contributed by atoms with Gasteiger partial charge in [-0.05, 0) is 60.9 Å². The Bertz CT molecular complexity index is 1560. The zero-order chi connectivity index (χ0) is 26.4. The minimum Gasteiger partial charge on any atom is -0.493 e. The van der Waals surface area contributed by atoms with E-state index in [2.05, 4.69) is 10.1 Å². The van der Waals surface area contributed by atoms with Crippen molar-refractivity contribution in [3.63, 3.8) is 0 Å². The van der Waals surface area contributed by atoms with E-state index in [4.69, 9.17) is 4.74 Å². The van der Waals surface area contributed by atoms with Crippen LogP contribution < -0.4 is 4.74 Å². The maximum atomic E-state index is 13.6. The van der Waals surface area contributed by atoms with Crippen molar-refractivity contribution in [2.75, 3.05) is 6.61 Å². The molecule has 0 amide bonds. The highest BCUT2D eigenvalue weighted by Crippen LogP contribution is 2.44. The van der Waals surface area contributed by atoms with Gasteiger partial charge >= 0.3 is 6.18 Å². The Labute approximate surface area is 212 Å². The van der Waals surface area contributed by atoms with Crippen LogP contribution in [0.2, 0.25) is 0 Å². The first-order valence-electron chi connectivity index (χ1n) is 11.6. The molecule has 1 aliphatic heterocycles. The van der Waals surface area contributed by atoms with Gasteiger partial charge < -0.3 is 4.74 Å². The Morgan fingerprint density at radius 3 is 2.51 bits per heavy atom. The zero-order valence-electron chi connectivity index (χ0n) is 20.2. The Hall–Kier alpha value is -3.66. The number of hydrogen-bond acceptors (Lipinski definition) is 5. The summed E-state index contributed by atoms with van der Waals surface area (Å²) in [5, 5.41) is 4.13. The van der Waals surface area contributed by atoms with Gasteiger partial charge in [-0.2, -0.15) is 18.3 Å². The van der Waals surface area contributed by atoms with Crippen molar-refractivity contribution in [2.45, 2.75) is 36.1 Å². The summed E-state index contributed by atoms with van der Waals surface area (Å²) in [5.74, 6) is -0.129. The number of aryl methyl sites for hydroxylation is 2. The first kappa shape index (κ1) is 25.0. The van der Waals surface area contributed by atoms with Crippen LogP contribution in [0.15, 0.2) is 71.9 Å². The molecular formula is C27H24F3N3O3S. The van der Waals surface area contributed by atoms with Crippen molar-refractivity contribution in [3.8, 4) is 17.0 Å². The predicted molar refractivity (Wildman–Crippen MR) is 132 cm³/mol. The van der Waals surface area contributed by atoms with Crippen LogP contribution in [-0.4, -0.2) is 29.8 Å². The lowest BCUT2D eigenvalue weighted by Gasteiger charge is -2.28. The second-order valence-electron chi connectivity index (χ2n) is 9.12. The normalized spacial score (nSPS) is 15.8. The molecule has 10 heteroatoms. The van der Waals surface area contributed by atoms with Crippen LogP contribution in [0.25, 0.3) is 11.3 Å². The van der Waals surface area contributed by atoms with Crippen molar-refractivity contribution >= 4 is 9.84 Å². The lowest BCUT2D eigenvalue weighted by molar-refractivity contribution is -0.137. The van der Waals surface area contributed by atoms with Crippen LogP contribution in [0.5, 0.6) is 5.75 Å². The fraction of sp³-hybridized carbons (Fsp3) is 0.259. The third kappa shape index (κ3) is 4.98. The third-order valence-electron chi connectivity index (χ3n) is 6.55. The van der Waals surface area contributed by atoms with Gasteiger partial charge in [-0.1, -0.05) is 18.2 Å². The molecule has 0 radical (unpaired) electrons. The molecule has 2 aromatic heterocycles. The van der Waals surface area contributed by atoms with Gasteiger partial charge in [0, 0.05) is 36.5 Å². The van der Waals surface area contributed by atoms with Crippen molar-refractivity contribution in [1.82, 2.24) is 14.8 Å². The first-order valence-corrected chi connectivity index (χ1v) is 13.3. The van der Waals surface area contributed by atoms with E-state index < -0.39 is 21.6 Å². The molecule has 0 N–H and O–H groups in total. The molecule has 0 saturated carbocycles. The summed E-state index contributed by atoms with van der Waals surface area (Å²) < 4.78 is 74.2. The van der Waals surface area contributed by atoms with E-state index >= 15 is 0 Å². The number of sulfone groups is 1. The fourth-order valence-electron chi connectivity index (χ4n) is 4.64. The average Bonchev–Trinajstić information content (AvgIpc) is 3.29. The second-order valence-corrected chi connectivity index (χ2v) is 11.1. The molecule has 1 aliphatic rings. The zero-order valence-corrected chi connectivity index (χ0v) is 21.0. The number of ether oxygens (including phenoxy) is 1. The van der Waals surface area contributed by atoms with E-state index in [1.54, 1.807) is 31.4 Å². The molecule has 2 aromatic carbocycles. The molecule has 0 fully saturated rings. The number of fused-ring (bicyclic) bond motifs is 1. The molecule has 3 heterocycles. The molecule has 192 valence electrons. The van der Waals surface area contributed by atoms with Gasteiger partial charge in [0.25, 0.3) is 0 Å². The van der Waals surface area contributed by atoms with Gasteiger partial charge in [-0.25, -0.2) is 8.42 Å². The summed E-state index contributed by atoms with van der Waals surface area (Å²) in [5.41, 5.74) is 3.03. The number of aromatic nitrogens is 3. The van der Waals surface area contributed by atoms with Crippen molar-refractivity contribution in [2.24, 2.45) is 7.05 Å². The summed E-state index contributed by atoms with van der Waals surface area (Å²) in [4.78, 5) is 4.30. The van der Waals surface area contributed by atoms with Crippen LogP contribution in [-0.2, 0) is 28.8 Å². The Kier molecular flexibility index (Phi) is 6.31. The molecule has 6 nitrogen and oxygen atoms in total. The maximum Gasteiger partial charge on any atom is 0.416 e. The number of benzene rings is 2. The minimum absolute atomic E-state index is 0.105. The van der Waals surface area contributed by atoms with Crippen LogP contribution >= 0.6 is 0 Å². The number of hydrogen-bond donors (Lipinski definition) is 0. The summed E-state index contributed by atoms with van der Waals surface area (Å²) in [7, 11) is -2.01. The van der Waals surface area contributed by atoms with E-state index in [1.165, 1.54) is 29.1 Å². The monoisotopic (exact) mass is 527 g/mol. The van der Waals surface area contributed by atoms with Gasteiger partial charge in [-0.15, -0.1) is 0 Å². The quantitative estimate of drug-likeness (QED) is 0.333. The molecule has 0 unspecified atom stereocenters. The van der Waals surface area contributed by atoms with Crippen LogP contribution in [0, 0.1) is 6.92 Å². The van der Waals surface area contributed by atoms with Gasteiger partial charge in [0.2, 0.25) is 0 Å². The lowest BCUT2D eigenvalue weighted by atomic mass is 9.83. The molecule has 4 aromatic rings. The van der Waals surface area contributed by atoms with E-state index in [9.17, 15) is 21.6 Å². The lowest BCUT2D eigenvalue weighted by Crippen LogP contribution is -2.18. The minimum atomic E-state index is -4.49. The van der Waals surface area contributed by atoms with Crippen LogP contribution in [0.1, 0.15) is 40.3 Å². The van der Waals surface area contributed by atoms with Crippen molar-refractivity contribution in [3.05, 3.63) is 94.9 Å². The highest BCUT2D eigenvalue weighted by molar-refractivity contribution is 7.90. The summed E-state index contributed by atoms with van der Waals surface area (Å²) in [6.45, 7) is 2.17. The van der Waals surface area contributed by atoms with E-state index in [-0.39, 0.29) is 16.6 Å². The SMILES string of the molecule is Cc1ccc(CS(=O)(=O)c2ccc3c(c2)OCC[C@@H]3c2ccc(C(F)(F)F)cc2-c2ccnn2C)nc1. The number of nitrogens with zero attached hydrogens (tertiary/aromatic N) is 3. The number of rotatable bonds is 5. The number of pyridine rings is 1. The summed E-state index contributed by atoms with van der Waals surface area (Å²) in [6, 6.07) is 13.6. The Morgan fingerprint density at radius 2 is 1.84 bits per heavy atom. The average molecular weight is 528 g/mol. The van der Waals surface area contributed by atoms with Gasteiger partial charge in [0.15, 0.2) is 9.84 Å². The van der Waals surface area contributed by atoms with Crippen LogP contribution in [0.3, 0.4) is 0 Å². The van der Waals surface area contributed by atoms with Crippen molar-refractivity contribution < 1.29 is 26.3 Å². The Balaban J connectivity index is 1.54. The second kappa shape index (κ2) is 9.33.